The van der Waals surface area contributed by atoms with Gasteiger partial charge in [-0.2, -0.15) is 0 Å². The fourth-order valence-corrected chi connectivity index (χ4v) is 3.12. The molecule has 0 aliphatic carbocycles. The van der Waals surface area contributed by atoms with E-state index in [2.05, 4.69) is 5.32 Å². The Bertz CT molecular complexity index is 865. The Labute approximate surface area is 158 Å². The van der Waals surface area contributed by atoms with Crippen molar-refractivity contribution in [2.75, 3.05) is 5.32 Å². The molecule has 0 fully saturated rings. The summed E-state index contributed by atoms with van der Waals surface area (Å²) in [6.45, 7) is 3.66. The molecule has 4 nitrogen and oxygen atoms in total. The summed E-state index contributed by atoms with van der Waals surface area (Å²) in [6.07, 6.45) is 0. The van der Waals surface area contributed by atoms with E-state index in [9.17, 15) is 14.7 Å². The van der Waals surface area contributed by atoms with Crippen molar-refractivity contribution < 1.29 is 14.7 Å². The average molecular weight is 407 g/mol. The van der Waals surface area contributed by atoms with Gasteiger partial charge < -0.3 is 10.4 Å². The number of aromatic carboxylic acids is 1. The fourth-order valence-electron chi connectivity index (χ4n) is 2.10. The molecule has 0 saturated heterocycles. The average Bonchev–Trinajstić information content (AvgIpc) is 2.51. The summed E-state index contributed by atoms with van der Waals surface area (Å²) in [5.74, 6) is -2.18. The number of nitrogens with one attached hydrogen (secondary N) is 1. The molecule has 2 aromatic carbocycles. The highest BCUT2D eigenvalue weighted by atomic mass is 35.5. The minimum atomic E-state index is -1.44. The van der Waals surface area contributed by atoms with Crippen molar-refractivity contribution in [1.29, 1.82) is 0 Å². The number of rotatable bonds is 3. The van der Waals surface area contributed by atoms with Crippen molar-refractivity contribution in [2.45, 2.75) is 13.8 Å². The Kier molecular flexibility index (Phi) is 5.66. The first kappa shape index (κ1) is 18.9. The molecule has 0 aromatic heterocycles. The van der Waals surface area contributed by atoms with Crippen LogP contribution in [0.1, 0.15) is 31.8 Å². The number of aryl methyl sites for hydroxylation is 2. The predicted octanol–water partition coefficient (Wildman–Crippen LogP) is 5.87. The van der Waals surface area contributed by atoms with Gasteiger partial charge >= 0.3 is 5.97 Å². The molecule has 24 heavy (non-hydrogen) atoms. The molecule has 0 aliphatic rings. The highest BCUT2D eigenvalue weighted by Crippen LogP contribution is 2.41. The lowest BCUT2D eigenvalue weighted by atomic mass is 10.1. The van der Waals surface area contributed by atoms with E-state index in [-0.39, 0.29) is 25.7 Å². The molecule has 2 aromatic rings. The summed E-state index contributed by atoms with van der Waals surface area (Å²) in [7, 11) is 0. The third-order valence-electron chi connectivity index (χ3n) is 3.35. The molecule has 0 bridgehead atoms. The molecule has 8 heteroatoms. The maximum absolute atomic E-state index is 12.6. The molecule has 126 valence electrons. The predicted molar refractivity (Wildman–Crippen MR) is 97.3 cm³/mol. The van der Waals surface area contributed by atoms with Crippen LogP contribution in [-0.2, 0) is 0 Å². The van der Waals surface area contributed by atoms with Crippen LogP contribution in [0.4, 0.5) is 5.69 Å². The van der Waals surface area contributed by atoms with Crippen molar-refractivity contribution in [1.82, 2.24) is 0 Å². The van der Waals surface area contributed by atoms with Crippen LogP contribution in [0, 0.1) is 13.8 Å². The van der Waals surface area contributed by atoms with Crippen LogP contribution in [0.15, 0.2) is 18.2 Å². The Morgan fingerprint density at radius 3 is 2.00 bits per heavy atom. The monoisotopic (exact) mass is 405 g/mol. The van der Waals surface area contributed by atoms with Gasteiger partial charge in [-0.25, -0.2) is 4.79 Å². The summed E-state index contributed by atoms with van der Waals surface area (Å²) in [5, 5.41) is 11.0. The second kappa shape index (κ2) is 7.19. The van der Waals surface area contributed by atoms with E-state index in [1.165, 1.54) is 0 Å². The van der Waals surface area contributed by atoms with Crippen LogP contribution < -0.4 is 5.32 Å². The summed E-state index contributed by atoms with van der Waals surface area (Å²) < 4.78 is 0. The largest absolute Gasteiger partial charge is 0.478 e. The lowest BCUT2D eigenvalue weighted by molar-refractivity contribution is 0.0692. The third kappa shape index (κ3) is 3.47. The molecule has 0 radical (unpaired) electrons. The smallest absolute Gasteiger partial charge is 0.338 e. The van der Waals surface area contributed by atoms with Gasteiger partial charge in [0, 0.05) is 5.69 Å². The molecule has 0 atom stereocenters. The minimum absolute atomic E-state index is 0.181. The van der Waals surface area contributed by atoms with E-state index in [4.69, 9.17) is 46.4 Å². The summed E-state index contributed by atoms with van der Waals surface area (Å²) in [5.41, 5.74) is 1.40. The molecule has 0 unspecified atom stereocenters. The number of carboxylic acids is 1. The molecular weight excluding hydrogens is 396 g/mol. The first-order valence-electron chi connectivity index (χ1n) is 6.63. The second-order valence-corrected chi connectivity index (χ2v) is 6.60. The van der Waals surface area contributed by atoms with Crippen molar-refractivity contribution in [3.8, 4) is 0 Å². The van der Waals surface area contributed by atoms with Crippen LogP contribution in [0.5, 0.6) is 0 Å². The first-order chi connectivity index (χ1) is 11.1. The van der Waals surface area contributed by atoms with Gasteiger partial charge in [0.15, 0.2) is 0 Å². The second-order valence-electron chi connectivity index (χ2n) is 5.08. The quantitative estimate of drug-likeness (QED) is 0.494. The van der Waals surface area contributed by atoms with Crippen LogP contribution in [0.2, 0.25) is 20.1 Å². The van der Waals surface area contributed by atoms with Gasteiger partial charge in [-0.3, -0.25) is 4.79 Å². The third-order valence-corrected chi connectivity index (χ3v) is 5.15. The molecule has 0 spiro atoms. The van der Waals surface area contributed by atoms with Gasteiger partial charge in [0.25, 0.3) is 5.91 Å². The molecule has 1 amide bonds. The molecule has 0 saturated carbocycles. The molecule has 2 N–H and O–H groups in total. The zero-order valence-corrected chi connectivity index (χ0v) is 15.5. The van der Waals surface area contributed by atoms with E-state index in [1.807, 2.05) is 19.1 Å². The number of hydrogen-bond acceptors (Lipinski definition) is 2. The normalized spacial score (nSPS) is 10.6. The number of benzene rings is 2. The van der Waals surface area contributed by atoms with E-state index >= 15 is 0 Å². The van der Waals surface area contributed by atoms with Crippen molar-refractivity contribution >= 4 is 64.0 Å². The lowest BCUT2D eigenvalue weighted by Gasteiger charge is -2.15. The van der Waals surface area contributed by atoms with Crippen LogP contribution in [-0.4, -0.2) is 17.0 Å². The van der Waals surface area contributed by atoms with Crippen LogP contribution in [0.25, 0.3) is 0 Å². The Morgan fingerprint density at radius 1 is 0.917 bits per heavy atom. The maximum atomic E-state index is 12.6. The highest BCUT2D eigenvalue weighted by molar-refractivity contribution is 6.54. The van der Waals surface area contributed by atoms with Crippen molar-refractivity contribution in [2.24, 2.45) is 0 Å². The van der Waals surface area contributed by atoms with E-state index < -0.39 is 17.4 Å². The Balaban J connectivity index is 2.61. The van der Waals surface area contributed by atoms with Crippen molar-refractivity contribution in [3.05, 3.63) is 60.5 Å². The van der Waals surface area contributed by atoms with Gasteiger partial charge in [0.05, 0.1) is 31.2 Å². The standard InChI is InChI=1S/C16H11Cl4NO3/c1-6-3-4-7(2)8(5-6)21-15(22)9-10(16(23)24)12(18)14(20)13(19)11(9)17/h3-5H,1-2H3,(H,21,22)(H,23,24). The SMILES string of the molecule is Cc1ccc(C)c(NC(=O)c2c(Cl)c(Cl)c(Cl)c(Cl)c2C(=O)O)c1. The van der Waals surface area contributed by atoms with Crippen LogP contribution in [0.3, 0.4) is 0 Å². The lowest BCUT2D eigenvalue weighted by Crippen LogP contribution is -2.18. The van der Waals surface area contributed by atoms with Crippen molar-refractivity contribution in [3.63, 3.8) is 0 Å². The van der Waals surface area contributed by atoms with Gasteiger partial charge in [-0.15, -0.1) is 0 Å². The zero-order chi connectivity index (χ0) is 18.2. The maximum Gasteiger partial charge on any atom is 0.338 e. The number of hydrogen-bond donors (Lipinski definition) is 2. The van der Waals surface area contributed by atoms with Crippen LogP contribution >= 0.6 is 46.4 Å². The van der Waals surface area contributed by atoms with E-state index in [1.54, 1.807) is 13.0 Å². The number of carbonyl (C=O) groups excluding carboxylic acids is 1. The van der Waals surface area contributed by atoms with Gasteiger partial charge in [0.1, 0.15) is 0 Å². The molecule has 0 aliphatic heterocycles. The summed E-state index contributed by atoms with van der Waals surface area (Å²) in [4.78, 5) is 24.1. The zero-order valence-electron chi connectivity index (χ0n) is 12.5. The first-order valence-corrected chi connectivity index (χ1v) is 8.14. The number of carboxylic acid groups (broad SMARTS) is 1. The number of amides is 1. The van der Waals surface area contributed by atoms with Gasteiger partial charge in [-0.05, 0) is 31.0 Å². The molecule has 2 rings (SSSR count). The minimum Gasteiger partial charge on any atom is -0.478 e. The Morgan fingerprint density at radius 2 is 1.46 bits per heavy atom. The Hall–Kier alpha value is -1.46. The molecular formula is C16H11Cl4NO3. The van der Waals surface area contributed by atoms with Gasteiger partial charge in [-0.1, -0.05) is 58.5 Å². The number of anilines is 1. The number of carbonyl (C=O) groups is 2. The van der Waals surface area contributed by atoms with E-state index in [0.717, 1.165) is 11.1 Å². The fraction of sp³-hybridized carbons (Fsp3) is 0.125. The summed E-state index contributed by atoms with van der Waals surface area (Å²) in [6, 6.07) is 5.46. The topological polar surface area (TPSA) is 66.4 Å². The molecule has 0 heterocycles. The van der Waals surface area contributed by atoms with E-state index in [0.29, 0.717) is 5.69 Å². The van der Waals surface area contributed by atoms with Gasteiger partial charge in [0.2, 0.25) is 0 Å². The number of halogens is 4. The summed E-state index contributed by atoms with van der Waals surface area (Å²) >= 11 is 23.8. The highest BCUT2D eigenvalue weighted by Gasteiger charge is 2.29.